The van der Waals surface area contributed by atoms with Crippen molar-refractivity contribution < 1.29 is 14.3 Å². The minimum absolute atomic E-state index is 0.0267. The number of likely N-dealkylation sites (tertiary alicyclic amines) is 1. The summed E-state index contributed by atoms with van der Waals surface area (Å²) in [6, 6.07) is 28.2. The van der Waals surface area contributed by atoms with Crippen molar-refractivity contribution in [1.82, 2.24) is 25.1 Å². The summed E-state index contributed by atoms with van der Waals surface area (Å²) in [6.07, 6.45) is 5.64. The molecule has 0 saturated carbocycles. The molecule has 0 spiro atoms. The van der Waals surface area contributed by atoms with Crippen molar-refractivity contribution in [2.45, 2.75) is 31.1 Å². The highest BCUT2D eigenvalue weighted by atomic mass is 35.5. The van der Waals surface area contributed by atoms with Crippen LogP contribution in [0.25, 0.3) is 16.8 Å². The van der Waals surface area contributed by atoms with E-state index in [1.54, 1.807) is 16.9 Å². The number of ether oxygens (including phenoxy) is 1. The van der Waals surface area contributed by atoms with Gasteiger partial charge < -0.3 is 14.8 Å². The predicted octanol–water partition coefficient (Wildman–Crippen LogP) is 5.34. The molecule has 2 fully saturated rings. The molecule has 45 heavy (non-hydrogen) atoms. The Bertz CT molecular complexity index is 1790. The number of piperidine rings is 1. The second kappa shape index (κ2) is 12.8. The largest absolute Gasteiger partial charge is 0.618 e. The number of carbonyl (C=O) groups is 1. The van der Waals surface area contributed by atoms with Crippen LogP contribution in [-0.2, 0) is 16.0 Å². The van der Waals surface area contributed by atoms with Crippen LogP contribution in [0.3, 0.4) is 0 Å². The number of hydrogen-bond donors (Lipinski definition) is 0. The number of tetrazole rings is 1. The molecule has 1 amide bonds. The lowest BCUT2D eigenvalue weighted by molar-refractivity contribution is -0.614. The molecule has 1 atom stereocenters. The third-order valence-corrected chi connectivity index (χ3v) is 9.26. The summed E-state index contributed by atoms with van der Waals surface area (Å²) < 4.78 is 7.77. The van der Waals surface area contributed by atoms with Crippen molar-refractivity contribution in [3.05, 3.63) is 130 Å². The summed E-state index contributed by atoms with van der Waals surface area (Å²) in [5.41, 5.74) is 6.35. The summed E-state index contributed by atoms with van der Waals surface area (Å²) in [7, 11) is 0. The predicted molar refractivity (Wildman–Crippen MR) is 170 cm³/mol. The van der Waals surface area contributed by atoms with Gasteiger partial charge in [0, 0.05) is 35.3 Å². The van der Waals surface area contributed by atoms with E-state index in [2.05, 4.69) is 51.9 Å². The standard InChI is InChI=1S/C35H33ClN6O3/c36-30-10-12-33(41-23-37-38-39-41)32(19-30)28-9-11-34(42(44)20-28)31(17-24-5-2-1-3-6-24)27-8-4-7-26(18-27)25-13-15-40(16-14-25)35(43)29-21-45-22-29/h1-12,18-20,23,25,29,31H,13-17,21-22H2/t31-/m0/s1. The lowest BCUT2D eigenvalue weighted by atomic mass is 9.83. The molecule has 0 bridgehead atoms. The Hall–Kier alpha value is -4.60. The van der Waals surface area contributed by atoms with Gasteiger partial charge in [-0.25, -0.2) is 0 Å². The number of amides is 1. The van der Waals surface area contributed by atoms with Crippen molar-refractivity contribution in [1.29, 1.82) is 0 Å². The van der Waals surface area contributed by atoms with E-state index in [4.69, 9.17) is 16.3 Å². The van der Waals surface area contributed by atoms with Crippen molar-refractivity contribution in [3.8, 4) is 16.8 Å². The first-order chi connectivity index (χ1) is 22.0. The Morgan fingerprint density at radius 1 is 1.00 bits per heavy atom. The van der Waals surface area contributed by atoms with Crippen LogP contribution >= 0.6 is 11.6 Å². The number of benzene rings is 3. The van der Waals surface area contributed by atoms with Gasteiger partial charge in [-0.1, -0.05) is 66.2 Å². The maximum atomic E-state index is 13.9. The quantitative estimate of drug-likeness (QED) is 0.171. The Morgan fingerprint density at radius 2 is 1.82 bits per heavy atom. The third kappa shape index (κ3) is 6.18. The molecule has 2 aliphatic heterocycles. The fraction of sp³-hybridized carbons (Fsp3) is 0.286. The molecule has 10 heteroatoms. The molecule has 4 heterocycles. The minimum atomic E-state index is -0.169. The molecule has 2 saturated heterocycles. The van der Waals surface area contributed by atoms with Gasteiger partial charge in [-0.3, -0.25) is 4.79 Å². The Labute approximate surface area is 266 Å². The first kappa shape index (κ1) is 29.1. The molecular weight excluding hydrogens is 588 g/mol. The molecule has 2 aliphatic rings. The van der Waals surface area contributed by atoms with E-state index in [1.807, 2.05) is 47.4 Å². The smallest absolute Gasteiger partial charge is 0.230 e. The van der Waals surface area contributed by atoms with Gasteiger partial charge >= 0.3 is 0 Å². The Balaban J connectivity index is 1.19. The number of aromatic nitrogens is 5. The van der Waals surface area contributed by atoms with E-state index in [9.17, 15) is 10.0 Å². The van der Waals surface area contributed by atoms with Crippen LogP contribution < -0.4 is 4.73 Å². The maximum absolute atomic E-state index is 13.9. The van der Waals surface area contributed by atoms with E-state index in [1.165, 1.54) is 11.9 Å². The number of hydrogen-bond acceptors (Lipinski definition) is 6. The van der Waals surface area contributed by atoms with E-state index in [-0.39, 0.29) is 17.7 Å². The molecule has 0 N–H and O–H groups in total. The summed E-state index contributed by atoms with van der Waals surface area (Å²) in [6.45, 7) is 2.61. The number of rotatable bonds is 8. The highest BCUT2D eigenvalue weighted by Crippen LogP contribution is 2.35. The monoisotopic (exact) mass is 620 g/mol. The molecule has 7 rings (SSSR count). The number of halogens is 1. The van der Waals surface area contributed by atoms with Crippen LogP contribution in [0, 0.1) is 11.1 Å². The van der Waals surface area contributed by atoms with Gasteiger partial charge in [0.25, 0.3) is 0 Å². The molecule has 5 aromatic rings. The zero-order valence-electron chi connectivity index (χ0n) is 24.7. The van der Waals surface area contributed by atoms with Crippen LogP contribution in [0.4, 0.5) is 0 Å². The van der Waals surface area contributed by atoms with Crippen molar-refractivity contribution in [3.63, 3.8) is 0 Å². The molecule has 0 radical (unpaired) electrons. The average Bonchev–Trinajstić information content (AvgIpc) is 3.59. The van der Waals surface area contributed by atoms with Crippen molar-refractivity contribution in [2.24, 2.45) is 5.92 Å². The van der Waals surface area contributed by atoms with Crippen LogP contribution in [0.5, 0.6) is 0 Å². The van der Waals surface area contributed by atoms with Gasteiger partial charge in [-0.15, -0.1) is 5.10 Å². The number of carbonyl (C=O) groups excluding carboxylic acids is 1. The van der Waals surface area contributed by atoms with Crippen LogP contribution in [0.2, 0.25) is 5.02 Å². The second-order valence-electron chi connectivity index (χ2n) is 11.8. The van der Waals surface area contributed by atoms with Gasteiger partial charge in [0.1, 0.15) is 6.33 Å². The van der Waals surface area contributed by atoms with Crippen LogP contribution in [0.15, 0.2) is 97.5 Å². The van der Waals surface area contributed by atoms with Crippen LogP contribution in [-0.4, -0.2) is 57.3 Å². The third-order valence-electron chi connectivity index (χ3n) is 9.03. The zero-order chi connectivity index (χ0) is 30.8. The average molecular weight is 621 g/mol. The first-order valence-electron chi connectivity index (χ1n) is 15.3. The molecule has 3 aromatic carbocycles. The molecule has 9 nitrogen and oxygen atoms in total. The Kier molecular flexibility index (Phi) is 8.28. The molecule has 0 aliphatic carbocycles. The maximum Gasteiger partial charge on any atom is 0.230 e. The molecule has 228 valence electrons. The number of pyridine rings is 1. The topological polar surface area (TPSA) is 100 Å². The SMILES string of the molecule is O=C(C1COC1)N1CCC(c2cccc([C@H](Cc3ccccc3)c3ccc(-c4cc(Cl)ccc4-n4cnnn4)c[n+]3[O-])c2)CC1. The summed E-state index contributed by atoms with van der Waals surface area (Å²) in [5.74, 6) is 0.442. The van der Waals surface area contributed by atoms with Gasteiger partial charge in [0.05, 0.1) is 30.7 Å². The van der Waals surface area contributed by atoms with Gasteiger partial charge in [-0.05, 0) is 76.6 Å². The number of nitrogens with zero attached hydrogens (tertiary/aromatic N) is 6. The first-order valence-corrected chi connectivity index (χ1v) is 15.7. The minimum Gasteiger partial charge on any atom is -0.618 e. The normalized spacial score (nSPS) is 16.3. The summed E-state index contributed by atoms with van der Waals surface area (Å²) in [5, 5.41) is 26.0. The van der Waals surface area contributed by atoms with Gasteiger partial charge in [0.15, 0.2) is 6.20 Å². The van der Waals surface area contributed by atoms with E-state index in [0.717, 1.165) is 53.0 Å². The van der Waals surface area contributed by atoms with Crippen molar-refractivity contribution >= 4 is 17.5 Å². The Morgan fingerprint density at radius 3 is 2.53 bits per heavy atom. The lowest BCUT2D eigenvalue weighted by Crippen LogP contribution is -2.47. The molecular formula is C35H33ClN6O3. The van der Waals surface area contributed by atoms with Gasteiger partial charge in [0.2, 0.25) is 11.6 Å². The van der Waals surface area contributed by atoms with Crippen molar-refractivity contribution in [2.75, 3.05) is 26.3 Å². The summed E-state index contributed by atoms with van der Waals surface area (Å²) in [4.78, 5) is 14.7. The zero-order valence-corrected chi connectivity index (χ0v) is 25.5. The van der Waals surface area contributed by atoms with E-state index < -0.39 is 0 Å². The highest BCUT2D eigenvalue weighted by molar-refractivity contribution is 6.31. The lowest BCUT2D eigenvalue weighted by Gasteiger charge is -2.36. The van der Waals surface area contributed by atoms with E-state index in [0.29, 0.717) is 41.8 Å². The van der Waals surface area contributed by atoms with Crippen LogP contribution in [0.1, 0.15) is 47.1 Å². The molecule has 2 aromatic heterocycles. The van der Waals surface area contributed by atoms with E-state index >= 15 is 0 Å². The molecule has 0 unspecified atom stereocenters. The second-order valence-corrected chi connectivity index (χ2v) is 12.3. The fourth-order valence-corrected chi connectivity index (χ4v) is 6.65. The van der Waals surface area contributed by atoms with Gasteiger partial charge in [-0.2, -0.15) is 9.41 Å². The highest BCUT2D eigenvalue weighted by Gasteiger charge is 2.33. The summed E-state index contributed by atoms with van der Waals surface area (Å²) >= 11 is 6.38. The fourth-order valence-electron chi connectivity index (χ4n) is 6.47.